The predicted octanol–water partition coefficient (Wildman–Crippen LogP) is 2.66. The Kier molecular flexibility index (Phi) is 9.45. The van der Waals surface area contributed by atoms with Gasteiger partial charge in [0.1, 0.15) is 0 Å². The van der Waals surface area contributed by atoms with E-state index in [0.717, 1.165) is 25.6 Å². The molecule has 2 rings (SSSR count). The van der Waals surface area contributed by atoms with Gasteiger partial charge in [0.2, 0.25) is 0 Å². The molecule has 1 atom stereocenters. The van der Waals surface area contributed by atoms with E-state index in [9.17, 15) is 0 Å². The van der Waals surface area contributed by atoms with Gasteiger partial charge in [-0.05, 0) is 42.8 Å². The summed E-state index contributed by atoms with van der Waals surface area (Å²) < 4.78 is 0. The Morgan fingerprint density at radius 3 is 2.52 bits per heavy atom. The maximum Gasteiger partial charge on any atom is 0.191 e. The van der Waals surface area contributed by atoms with Crippen molar-refractivity contribution in [2.75, 3.05) is 59.1 Å². The molecule has 0 saturated carbocycles. The Morgan fingerprint density at radius 1 is 1.19 bits per heavy atom. The molecule has 0 radical (unpaired) electrons. The first-order valence-corrected chi connectivity index (χ1v) is 11.3. The highest BCUT2D eigenvalue weighted by atomic mass is 32.2. The third-order valence-corrected chi connectivity index (χ3v) is 6.03. The summed E-state index contributed by atoms with van der Waals surface area (Å²) >= 11 is 1.80. The third kappa shape index (κ3) is 7.35. The largest absolute Gasteiger partial charge is 0.356 e. The van der Waals surface area contributed by atoms with Crippen LogP contribution < -0.4 is 10.6 Å². The van der Waals surface area contributed by atoms with E-state index in [1.54, 1.807) is 11.8 Å². The molecule has 2 N–H and O–H groups in total. The molecule has 0 bridgehead atoms. The first-order valence-electron chi connectivity index (χ1n) is 10.1. The Bertz CT molecular complexity index is 596. The van der Waals surface area contributed by atoms with Crippen LogP contribution in [0.1, 0.15) is 25.0 Å². The van der Waals surface area contributed by atoms with Gasteiger partial charge in [-0.2, -0.15) is 0 Å². The van der Waals surface area contributed by atoms with Crippen LogP contribution in [-0.4, -0.2) is 74.9 Å². The average molecular weight is 392 g/mol. The molecule has 0 aromatic heterocycles. The minimum absolute atomic E-state index is 0.595. The molecular weight excluding hydrogens is 354 g/mol. The van der Waals surface area contributed by atoms with E-state index in [2.05, 4.69) is 70.7 Å². The highest BCUT2D eigenvalue weighted by Gasteiger charge is 2.17. The van der Waals surface area contributed by atoms with Gasteiger partial charge < -0.3 is 20.4 Å². The number of guanidine groups is 1. The minimum Gasteiger partial charge on any atom is -0.356 e. The summed E-state index contributed by atoms with van der Waals surface area (Å²) in [6.45, 7) is 15.6. The molecular formula is C21H37N5S. The molecule has 152 valence electrons. The predicted molar refractivity (Wildman–Crippen MR) is 119 cm³/mol. The second kappa shape index (κ2) is 11.6. The smallest absolute Gasteiger partial charge is 0.191 e. The standard InChI is InChI=1S/C21H37N5S/c1-6-25-9-11-26(12-10-25)16-18(3)14-23-21(22-4)24-15-19-8-7-17(2)13-20(19)27-5/h7-8,13,18H,6,9-12,14-16H2,1-5H3,(H2,22,23,24). The van der Waals surface area contributed by atoms with Crippen molar-refractivity contribution in [2.45, 2.75) is 32.2 Å². The van der Waals surface area contributed by atoms with Crippen LogP contribution in [0.3, 0.4) is 0 Å². The number of rotatable bonds is 8. The van der Waals surface area contributed by atoms with Gasteiger partial charge in [-0.15, -0.1) is 11.8 Å². The van der Waals surface area contributed by atoms with E-state index in [0.29, 0.717) is 5.92 Å². The molecule has 27 heavy (non-hydrogen) atoms. The summed E-state index contributed by atoms with van der Waals surface area (Å²) in [7, 11) is 1.84. The van der Waals surface area contributed by atoms with E-state index in [4.69, 9.17) is 0 Å². The normalized spacial score (nSPS) is 17.7. The molecule has 1 saturated heterocycles. The van der Waals surface area contributed by atoms with Crippen LogP contribution in [0.15, 0.2) is 28.1 Å². The Balaban J connectivity index is 1.74. The van der Waals surface area contributed by atoms with Crippen LogP contribution in [0.25, 0.3) is 0 Å². The molecule has 1 aliphatic rings. The number of nitrogens with one attached hydrogen (secondary N) is 2. The lowest BCUT2D eigenvalue weighted by Crippen LogP contribution is -2.48. The van der Waals surface area contributed by atoms with Crippen molar-refractivity contribution in [3.05, 3.63) is 29.3 Å². The van der Waals surface area contributed by atoms with Crippen LogP contribution >= 0.6 is 11.8 Å². The second-order valence-corrected chi connectivity index (χ2v) is 8.31. The summed E-state index contributed by atoms with van der Waals surface area (Å²) in [5.41, 5.74) is 2.62. The third-order valence-electron chi connectivity index (χ3n) is 5.21. The van der Waals surface area contributed by atoms with Crippen molar-refractivity contribution >= 4 is 17.7 Å². The molecule has 1 aromatic carbocycles. The molecule has 6 heteroatoms. The Hall–Kier alpha value is -1.24. The Morgan fingerprint density at radius 2 is 1.89 bits per heavy atom. The lowest BCUT2D eigenvalue weighted by atomic mass is 10.1. The second-order valence-electron chi connectivity index (χ2n) is 7.46. The summed E-state index contributed by atoms with van der Waals surface area (Å²) in [5.74, 6) is 1.48. The van der Waals surface area contributed by atoms with Gasteiger partial charge in [0.25, 0.3) is 0 Å². The quantitative estimate of drug-likeness (QED) is 0.405. The summed E-state index contributed by atoms with van der Waals surface area (Å²) in [4.78, 5) is 10.8. The fourth-order valence-electron chi connectivity index (χ4n) is 3.46. The van der Waals surface area contributed by atoms with Crippen molar-refractivity contribution in [1.82, 2.24) is 20.4 Å². The zero-order chi connectivity index (χ0) is 19.6. The molecule has 1 unspecified atom stereocenters. The number of piperazine rings is 1. The summed E-state index contributed by atoms with van der Waals surface area (Å²) in [6, 6.07) is 6.63. The minimum atomic E-state index is 0.595. The van der Waals surface area contributed by atoms with E-state index >= 15 is 0 Å². The molecule has 0 amide bonds. The lowest BCUT2D eigenvalue weighted by molar-refractivity contribution is 0.124. The highest BCUT2D eigenvalue weighted by Crippen LogP contribution is 2.21. The fraction of sp³-hybridized carbons (Fsp3) is 0.667. The molecule has 1 fully saturated rings. The monoisotopic (exact) mass is 391 g/mol. The van der Waals surface area contributed by atoms with Gasteiger partial charge in [0, 0.05) is 57.8 Å². The first-order chi connectivity index (χ1) is 13.0. The van der Waals surface area contributed by atoms with E-state index in [-0.39, 0.29) is 0 Å². The zero-order valence-electron chi connectivity index (χ0n) is 17.7. The van der Waals surface area contributed by atoms with Crippen LogP contribution in [0.2, 0.25) is 0 Å². The van der Waals surface area contributed by atoms with Gasteiger partial charge in [-0.25, -0.2) is 0 Å². The topological polar surface area (TPSA) is 42.9 Å². The van der Waals surface area contributed by atoms with E-state index in [1.165, 1.54) is 48.7 Å². The van der Waals surface area contributed by atoms with Gasteiger partial charge >= 0.3 is 0 Å². The molecule has 1 heterocycles. The highest BCUT2D eigenvalue weighted by molar-refractivity contribution is 7.98. The van der Waals surface area contributed by atoms with Gasteiger partial charge in [-0.1, -0.05) is 26.0 Å². The maximum absolute atomic E-state index is 4.38. The number of aliphatic imine (C=N–C) groups is 1. The molecule has 0 aliphatic carbocycles. The molecule has 1 aliphatic heterocycles. The number of hydrogen-bond donors (Lipinski definition) is 2. The SMILES string of the molecule is CCN1CCN(CC(C)CNC(=NC)NCc2ccc(C)cc2SC)CC1. The van der Waals surface area contributed by atoms with Crippen molar-refractivity contribution in [3.8, 4) is 0 Å². The van der Waals surface area contributed by atoms with E-state index in [1.807, 2.05) is 7.05 Å². The maximum atomic E-state index is 4.38. The van der Waals surface area contributed by atoms with E-state index < -0.39 is 0 Å². The Labute approximate surface area is 170 Å². The van der Waals surface area contributed by atoms with Gasteiger partial charge in [0.15, 0.2) is 5.96 Å². The average Bonchev–Trinajstić information content (AvgIpc) is 2.69. The molecule has 0 spiro atoms. The molecule has 5 nitrogen and oxygen atoms in total. The van der Waals surface area contributed by atoms with Crippen LogP contribution in [0.4, 0.5) is 0 Å². The number of nitrogens with zero attached hydrogens (tertiary/aromatic N) is 3. The number of likely N-dealkylation sites (N-methyl/N-ethyl adjacent to an activating group) is 1. The van der Waals surface area contributed by atoms with Crippen molar-refractivity contribution in [3.63, 3.8) is 0 Å². The number of thioether (sulfide) groups is 1. The van der Waals surface area contributed by atoms with Crippen LogP contribution in [0, 0.1) is 12.8 Å². The summed E-state index contributed by atoms with van der Waals surface area (Å²) in [5, 5.41) is 6.95. The zero-order valence-corrected chi connectivity index (χ0v) is 18.5. The van der Waals surface area contributed by atoms with Gasteiger partial charge in [-0.3, -0.25) is 4.99 Å². The number of benzene rings is 1. The van der Waals surface area contributed by atoms with Crippen LogP contribution in [0.5, 0.6) is 0 Å². The fourth-order valence-corrected chi connectivity index (χ4v) is 4.17. The summed E-state index contributed by atoms with van der Waals surface area (Å²) in [6.07, 6.45) is 2.13. The first kappa shape index (κ1) is 22.1. The van der Waals surface area contributed by atoms with Crippen LogP contribution in [-0.2, 0) is 6.54 Å². The van der Waals surface area contributed by atoms with Gasteiger partial charge in [0.05, 0.1) is 0 Å². The number of hydrogen-bond acceptors (Lipinski definition) is 4. The van der Waals surface area contributed by atoms with Crippen molar-refractivity contribution in [1.29, 1.82) is 0 Å². The molecule has 1 aromatic rings. The number of aryl methyl sites for hydroxylation is 1. The lowest BCUT2D eigenvalue weighted by Gasteiger charge is -2.35. The van der Waals surface area contributed by atoms with Crippen molar-refractivity contribution < 1.29 is 0 Å². The van der Waals surface area contributed by atoms with Crippen molar-refractivity contribution in [2.24, 2.45) is 10.9 Å².